The predicted molar refractivity (Wildman–Crippen MR) is 111 cm³/mol. The third-order valence-corrected chi connectivity index (χ3v) is 4.30. The molecule has 0 nitrogen and oxygen atoms in total. The quantitative estimate of drug-likeness (QED) is 0.347. The highest BCUT2D eigenvalue weighted by Gasteiger charge is 1.98. The molecule has 0 heteroatoms. The average Bonchev–Trinajstić information content (AvgIpc) is 2.67. The normalized spacial score (nSPS) is 10.7. The molecule has 0 saturated carbocycles. The van der Waals surface area contributed by atoms with E-state index in [1.807, 2.05) is 6.07 Å². The molecule has 0 unspecified atom stereocenters. The molecule has 0 atom stereocenters. The molecule has 0 aromatic heterocycles. The van der Waals surface area contributed by atoms with Crippen molar-refractivity contribution < 1.29 is 0 Å². The zero-order chi connectivity index (χ0) is 16.2. The number of fused-ring (bicyclic) bond motifs is 1. The summed E-state index contributed by atoms with van der Waals surface area (Å²) in [5.41, 5.74) is 4.96. The van der Waals surface area contributed by atoms with Gasteiger partial charge in [-0.05, 0) is 33.0 Å². The Kier molecular flexibility index (Phi) is 5.11. The zero-order valence-electron chi connectivity index (χ0n) is 13.4. The van der Waals surface area contributed by atoms with Crippen molar-refractivity contribution in [2.75, 3.05) is 0 Å². The highest BCUT2D eigenvalue weighted by molar-refractivity contribution is 5.92. The van der Waals surface area contributed by atoms with Gasteiger partial charge in [-0.2, -0.15) is 0 Å². The lowest BCUT2D eigenvalue weighted by Crippen LogP contribution is -1.79. The predicted octanol–water partition coefficient (Wildman–Crippen LogP) is 7.31. The first kappa shape index (κ1) is 16.7. The minimum Gasteiger partial charge on any atom is -0.0776 e. The summed E-state index contributed by atoms with van der Waals surface area (Å²) in [7, 11) is 0. The van der Waals surface area contributed by atoms with Gasteiger partial charge in [-0.15, -0.1) is 0 Å². The Morgan fingerprint density at radius 2 is 1.12 bits per heavy atom. The third-order valence-electron chi connectivity index (χ3n) is 4.30. The van der Waals surface area contributed by atoms with Gasteiger partial charge in [-0.1, -0.05) is 117 Å². The van der Waals surface area contributed by atoms with Crippen LogP contribution in [-0.4, -0.2) is 0 Å². The van der Waals surface area contributed by atoms with Gasteiger partial charge >= 0.3 is 0 Å². The minimum absolute atomic E-state index is 0. The summed E-state index contributed by atoms with van der Waals surface area (Å²) in [5, 5.41) is 2.57. The van der Waals surface area contributed by atoms with Crippen molar-refractivity contribution in [1.29, 1.82) is 0 Å². The summed E-state index contributed by atoms with van der Waals surface area (Å²) < 4.78 is 0. The lowest BCUT2D eigenvalue weighted by molar-refractivity contribution is 1.60. The molecule has 0 saturated heterocycles. The Bertz CT molecular complexity index is 972. The Morgan fingerprint density at radius 1 is 0.480 bits per heavy atom. The summed E-state index contributed by atoms with van der Waals surface area (Å²) in [6, 6.07) is 34.1. The smallest absolute Gasteiger partial charge is 0.0111 e. The molecule has 122 valence electrons. The van der Waals surface area contributed by atoms with Crippen molar-refractivity contribution in [3.8, 4) is 11.1 Å². The Labute approximate surface area is 150 Å². The maximum atomic E-state index is 2.19. The van der Waals surface area contributed by atoms with Crippen LogP contribution in [0.3, 0.4) is 0 Å². The van der Waals surface area contributed by atoms with Gasteiger partial charge in [-0.25, -0.2) is 0 Å². The van der Waals surface area contributed by atoms with Gasteiger partial charge in [0.05, 0.1) is 0 Å². The van der Waals surface area contributed by atoms with Gasteiger partial charge in [-0.3, -0.25) is 0 Å². The van der Waals surface area contributed by atoms with Crippen LogP contribution >= 0.6 is 0 Å². The van der Waals surface area contributed by atoms with E-state index in [9.17, 15) is 0 Å². The third kappa shape index (κ3) is 3.70. The van der Waals surface area contributed by atoms with Gasteiger partial charge in [0.2, 0.25) is 0 Å². The summed E-state index contributed by atoms with van der Waals surface area (Å²) >= 11 is 0. The van der Waals surface area contributed by atoms with Crippen molar-refractivity contribution in [2.45, 2.75) is 7.43 Å². The molecule has 0 aliphatic heterocycles. The van der Waals surface area contributed by atoms with Crippen LogP contribution in [0.5, 0.6) is 0 Å². The highest BCUT2D eigenvalue weighted by Crippen LogP contribution is 2.22. The Hall–Kier alpha value is -3.12. The van der Waals surface area contributed by atoms with Crippen LogP contribution in [-0.2, 0) is 0 Å². The molecule has 0 aliphatic carbocycles. The molecule has 0 aliphatic rings. The number of hydrogen-bond acceptors (Lipinski definition) is 0. The van der Waals surface area contributed by atoms with E-state index in [0.29, 0.717) is 0 Å². The van der Waals surface area contributed by atoms with Crippen molar-refractivity contribution in [3.05, 3.63) is 108 Å². The molecular weight excluding hydrogens is 300 g/mol. The van der Waals surface area contributed by atoms with E-state index in [4.69, 9.17) is 0 Å². The molecule has 0 radical (unpaired) electrons. The molecule has 0 spiro atoms. The maximum Gasteiger partial charge on any atom is -0.0111 e. The van der Waals surface area contributed by atoms with Gasteiger partial charge in [0.15, 0.2) is 0 Å². The van der Waals surface area contributed by atoms with Gasteiger partial charge < -0.3 is 0 Å². The van der Waals surface area contributed by atoms with Crippen molar-refractivity contribution in [3.63, 3.8) is 0 Å². The lowest BCUT2D eigenvalue weighted by Gasteiger charge is -2.03. The van der Waals surface area contributed by atoms with E-state index < -0.39 is 0 Å². The lowest BCUT2D eigenvalue weighted by atomic mass is 10.0. The molecule has 0 N–H and O–H groups in total. The SMILES string of the molecule is C.C(=C/c1cccc2ccccc12)/c1ccc(-c2ccccc2)cc1. The van der Waals surface area contributed by atoms with Crippen molar-refractivity contribution in [1.82, 2.24) is 0 Å². The molecule has 4 aromatic carbocycles. The minimum atomic E-state index is 0. The fourth-order valence-corrected chi connectivity index (χ4v) is 3.00. The molecule has 4 aromatic rings. The molecule has 0 heterocycles. The van der Waals surface area contributed by atoms with Crippen LogP contribution in [0.2, 0.25) is 0 Å². The highest BCUT2D eigenvalue weighted by atomic mass is 14.0. The summed E-state index contributed by atoms with van der Waals surface area (Å²) in [5.74, 6) is 0. The van der Waals surface area contributed by atoms with Crippen LogP contribution in [0.15, 0.2) is 97.1 Å². The monoisotopic (exact) mass is 322 g/mol. The van der Waals surface area contributed by atoms with E-state index in [1.54, 1.807) is 0 Å². The summed E-state index contributed by atoms with van der Waals surface area (Å²) in [4.78, 5) is 0. The van der Waals surface area contributed by atoms with Gasteiger partial charge in [0, 0.05) is 0 Å². The van der Waals surface area contributed by atoms with Crippen LogP contribution in [0.25, 0.3) is 34.1 Å². The zero-order valence-corrected chi connectivity index (χ0v) is 13.4. The molecule has 4 rings (SSSR count). The molecule has 0 amide bonds. The first-order valence-corrected chi connectivity index (χ1v) is 8.21. The number of rotatable bonds is 3. The van der Waals surface area contributed by atoms with Crippen LogP contribution in [0.1, 0.15) is 18.6 Å². The molecular formula is C25H22. The van der Waals surface area contributed by atoms with Gasteiger partial charge in [0.25, 0.3) is 0 Å². The van der Waals surface area contributed by atoms with Crippen molar-refractivity contribution >= 4 is 22.9 Å². The average molecular weight is 322 g/mol. The number of benzene rings is 4. The second kappa shape index (κ2) is 7.63. The van der Waals surface area contributed by atoms with Crippen molar-refractivity contribution in [2.24, 2.45) is 0 Å². The van der Waals surface area contributed by atoms with Gasteiger partial charge in [0.1, 0.15) is 0 Å². The molecule has 0 bridgehead atoms. The molecule has 25 heavy (non-hydrogen) atoms. The summed E-state index contributed by atoms with van der Waals surface area (Å²) in [6.07, 6.45) is 4.37. The largest absolute Gasteiger partial charge is 0.0776 e. The summed E-state index contributed by atoms with van der Waals surface area (Å²) in [6.45, 7) is 0. The molecule has 0 fully saturated rings. The van der Waals surface area contributed by atoms with E-state index >= 15 is 0 Å². The van der Waals surface area contributed by atoms with E-state index in [1.165, 1.54) is 33.0 Å². The first-order chi connectivity index (χ1) is 11.9. The second-order valence-corrected chi connectivity index (χ2v) is 5.89. The van der Waals surface area contributed by atoms with E-state index in [2.05, 4.69) is 103 Å². The second-order valence-electron chi connectivity index (χ2n) is 5.89. The first-order valence-electron chi connectivity index (χ1n) is 8.21. The van der Waals surface area contributed by atoms with Crippen LogP contribution < -0.4 is 0 Å². The maximum absolute atomic E-state index is 2.19. The van der Waals surface area contributed by atoms with E-state index in [-0.39, 0.29) is 7.43 Å². The Morgan fingerprint density at radius 3 is 1.92 bits per heavy atom. The number of hydrogen-bond donors (Lipinski definition) is 0. The Balaban J connectivity index is 0.00000182. The van der Waals surface area contributed by atoms with E-state index in [0.717, 1.165) is 0 Å². The standard InChI is InChI=1S/C24H18.CH4/c1-2-7-20(8-3-1)21-16-13-19(14-17-21)15-18-23-11-6-10-22-9-4-5-12-24(22)23;/h1-18H;1H4/b18-15-;. The topological polar surface area (TPSA) is 0 Å². The fourth-order valence-electron chi connectivity index (χ4n) is 3.00. The van der Waals surface area contributed by atoms with Crippen LogP contribution in [0, 0.1) is 0 Å². The van der Waals surface area contributed by atoms with Crippen LogP contribution in [0.4, 0.5) is 0 Å². The fraction of sp³-hybridized carbons (Fsp3) is 0.0400.